The van der Waals surface area contributed by atoms with Crippen LogP contribution in [-0.4, -0.2) is 26.6 Å². The van der Waals surface area contributed by atoms with Gasteiger partial charge in [-0.25, -0.2) is 4.98 Å². The standard InChI is InChI=1S/C13H13N5O2/c1-7-15-11-10(12(19)16-7)18(13(14)17-11)8-3-5-9(20-2)6-4-8/h3-6H,1-2H3,(H3,14,15,16,17,19). The van der Waals surface area contributed by atoms with E-state index in [1.165, 1.54) is 0 Å². The van der Waals surface area contributed by atoms with Gasteiger partial charge in [0.2, 0.25) is 5.95 Å². The Labute approximate surface area is 114 Å². The summed E-state index contributed by atoms with van der Waals surface area (Å²) in [6.07, 6.45) is 0. The molecule has 102 valence electrons. The highest BCUT2D eigenvalue weighted by Crippen LogP contribution is 2.21. The van der Waals surface area contributed by atoms with Crippen molar-refractivity contribution in [3.8, 4) is 11.4 Å². The molecule has 0 fully saturated rings. The van der Waals surface area contributed by atoms with Crippen molar-refractivity contribution >= 4 is 17.1 Å². The first kappa shape index (κ1) is 12.2. The minimum atomic E-state index is -0.271. The van der Waals surface area contributed by atoms with Crippen molar-refractivity contribution < 1.29 is 4.74 Å². The van der Waals surface area contributed by atoms with Crippen LogP contribution in [0.4, 0.5) is 5.95 Å². The number of ether oxygens (including phenoxy) is 1. The lowest BCUT2D eigenvalue weighted by Crippen LogP contribution is -2.13. The van der Waals surface area contributed by atoms with Gasteiger partial charge in [-0.1, -0.05) is 0 Å². The number of nitrogens with one attached hydrogen (secondary N) is 1. The van der Waals surface area contributed by atoms with Crippen LogP contribution in [0.2, 0.25) is 0 Å². The number of hydrogen-bond donors (Lipinski definition) is 2. The molecular weight excluding hydrogens is 258 g/mol. The number of nitrogen functional groups attached to an aromatic ring is 1. The minimum Gasteiger partial charge on any atom is -0.497 e. The first-order chi connectivity index (χ1) is 9.60. The molecule has 0 spiro atoms. The molecule has 0 aliphatic carbocycles. The molecule has 0 aliphatic rings. The molecule has 20 heavy (non-hydrogen) atoms. The summed E-state index contributed by atoms with van der Waals surface area (Å²) in [6, 6.07) is 7.18. The van der Waals surface area contributed by atoms with Gasteiger partial charge in [-0.2, -0.15) is 4.98 Å². The number of aryl methyl sites for hydroxylation is 1. The summed E-state index contributed by atoms with van der Waals surface area (Å²) in [5.41, 5.74) is 7.02. The molecule has 0 saturated heterocycles. The molecule has 3 rings (SSSR count). The molecule has 0 radical (unpaired) electrons. The Balaban J connectivity index is 2.29. The van der Waals surface area contributed by atoms with Crippen molar-refractivity contribution in [2.45, 2.75) is 6.92 Å². The van der Waals surface area contributed by atoms with E-state index in [0.29, 0.717) is 17.0 Å². The molecule has 0 amide bonds. The zero-order chi connectivity index (χ0) is 14.3. The largest absolute Gasteiger partial charge is 0.497 e. The Morgan fingerprint density at radius 1 is 1.25 bits per heavy atom. The van der Waals surface area contributed by atoms with Crippen molar-refractivity contribution in [2.75, 3.05) is 12.8 Å². The average Bonchev–Trinajstić information content (AvgIpc) is 2.75. The number of anilines is 1. The van der Waals surface area contributed by atoms with Gasteiger partial charge in [0, 0.05) is 5.69 Å². The number of aromatic amines is 1. The fourth-order valence-electron chi connectivity index (χ4n) is 2.11. The van der Waals surface area contributed by atoms with E-state index < -0.39 is 0 Å². The van der Waals surface area contributed by atoms with Gasteiger partial charge < -0.3 is 15.5 Å². The highest BCUT2D eigenvalue weighted by Gasteiger charge is 2.15. The maximum atomic E-state index is 12.1. The van der Waals surface area contributed by atoms with Gasteiger partial charge in [0.15, 0.2) is 11.2 Å². The second-order valence-corrected chi connectivity index (χ2v) is 4.33. The van der Waals surface area contributed by atoms with E-state index >= 15 is 0 Å². The van der Waals surface area contributed by atoms with Crippen LogP contribution in [0.3, 0.4) is 0 Å². The number of nitrogens with two attached hydrogens (primary N) is 1. The lowest BCUT2D eigenvalue weighted by Gasteiger charge is -2.06. The number of imidazole rings is 1. The molecule has 2 aromatic heterocycles. The number of aromatic nitrogens is 4. The van der Waals surface area contributed by atoms with E-state index in [2.05, 4.69) is 15.0 Å². The molecule has 7 nitrogen and oxygen atoms in total. The van der Waals surface area contributed by atoms with E-state index in [9.17, 15) is 4.79 Å². The SMILES string of the molecule is COc1ccc(-n2c(N)nc3nc(C)[nH]c(=O)c32)cc1. The van der Waals surface area contributed by atoms with E-state index in [4.69, 9.17) is 10.5 Å². The van der Waals surface area contributed by atoms with Gasteiger partial charge in [-0.15, -0.1) is 0 Å². The lowest BCUT2D eigenvalue weighted by atomic mass is 10.3. The van der Waals surface area contributed by atoms with Crippen LogP contribution in [0.5, 0.6) is 5.75 Å². The molecule has 0 unspecified atom stereocenters. The zero-order valence-electron chi connectivity index (χ0n) is 11.0. The third kappa shape index (κ3) is 1.80. The summed E-state index contributed by atoms with van der Waals surface area (Å²) in [4.78, 5) is 23.1. The normalized spacial score (nSPS) is 10.9. The van der Waals surface area contributed by atoms with Crippen LogP contribution >= 0.6 is 0 Å². The molecule has 3 aromatic rings. The Hall–Kier alpha value is -2.83. The zero-order valence-corrected chi connectivity index (χ0v) is 11.0. The average molecular weight is 271 g/mol. The van der Waals surface area contributed by atoms with Crippen molar-refractivity contribution in [1.29, 1.82) is 0 Å². The van der Waals surface area contributed by atoms with Gasteiger partial charge in [0.05, 0.1) is 7.11 Å². The molecule has 1 aromatic carbocycles. The van der Waals surface area contributed by atoms with Crippen LogP contribution < -0.4 is 16.0 Å². The van der Waals surface area contributed by atoms with Crippen LogP contribution in [0.1, 0.15) is 5.82 Å². The topological polar surface area (TPSA) is 98.8 Å². The van der Waals surface area contributed by atoms with Gasteiger partial charge in [0.25, 0.3) is 5.56 Å². The summed E-state index contributed by atoms with van der Waals surface area (Å²) >= 11 is 0. The number of methoxy groups -OCH3 is 1. The number of nitrogens with zero attached hydrogens (tertiary/aromatic N) is 3. The third-order valence-electron chi connectivity index (χ3n) is 3.00. The quantitative estimate of drug-likeness (QED) is 0.724. The maximum absolute atomic E-state index is 12.1. The maximum Gasteiger partial charge on any atom is 0.277 e. The van der Waals surface area contributed by atoms with Crippen molar-refractivity contribution in [3.63, 3.8) is 0 Å². The number of hydrogen-bond acceptors (Lipinski definition) is 5. The van der Waals surface area contributed by atoms with E-state index in [1.54, 1.807) is 42.9 Å². The minimum absolute atomic E-state index is 0.216. The monoisotopic (exact) mass is 271 g/mol. The van der Waals surface area contributed by atoms with Gasteiger partial charge >= 0.3 is 0 Å². The molecule has 2 heterocycles. The summed E-state index contributed by atoms with van der Waals surface area (Å²) in [7, 11) is 1.59. The van der Waals surface area contributed by atoms with E-state index in [-0.39, 0.29) is 11.5 Å². The number of fused-ring (bicyclic) bond motifs is 1. The summed E-state index contributed by atoms with van der Waals surface area (Å²) < 4.78 is 6.68. The van der Waals surface area contributed by atoms with E-state index in [1.807, 2.05) is 0 Å². The van der Waals surface area contributed by atoms with Crippen molar-refractivity contribution in [3.05, 3.63) is 40.4 Å². The van der Waals surface area contributed by atoms with Crippen molar-refractivity contribution in [1.82, 2.24) is 19.5 Å². The fraction of sp³-hybridized carbons (Fsp3) is 0.154. The summed E-state index contributed by atoms with van der Waals surface area (Å²) in [5, 5.41) is 0. The highest BCUT2D eigenvalue weighted by molar-refractivity contribution is 5.76. The molecule has 0 aliphatic heterocycles. The molecule has 0 atom stereocenters. The highest BCUT2D eigenvalue weighted by atomic mass is 16.5. The predicted molar refractivity (Wildman–Crippen MR) is 75.2 cm³/mol. The summed E-state index contributed by atoms with van der Waals surface area (Å²) in [5.74, 6) is 1.44. The lowest BCUT2D eigenvalue weighted by molar-refractivity contribution is 0.415. The van der Waals surface area contributed by atoms with Gasteiger partial charge in [0.1, 0.15) is 11.6 Å². The predicted octanol–water partition coefficient (Wildman–Crippen LogP) is 1.01. The first-order valence-electron chi connectivity index (χ1n) is 5.99. The number of benzene rings is 1. The van der Waals surface area contributed by atoms with Crippen LogP contribution in [0.15, 0.2) is 29.1 Å². The van der Waals surface area contributed by atoms with Crippen molar-refractivity contribution in [2.24, 2.45) is 0 Å². The molecule has 0 saturated carbocycles. The summed E-state index contributed by atoms with van der Waals surface area (Å²) in [6.45, 7) is 1.70. The molecule has 3 N–H and O–H groups in total. The Morgan fingerprint density at radius 3 is 2.60 bits per heavy atom. The molecular formula is C13H13N5O2. The number of rotatable bonds is 2. The Kier molecular flexibility index (Phi) is 2.67. The Bertz CT molecular complexity index is 832. The third-order valence-corrected chi connectivity index (χ3v) is 3.00. The second-order valence-electron chi connectivity index (χ2n) is 4.33. The number of H-pyrrole nitrogens is 1. The van der Waals surface area contributed by atoms with Crippen LogP contribution in [-0.2, 0) is 0 Å². The van der Waals surface area contributed by atoms with Crippen LogP contribution in [0, 0.1) is 6.92 Å². The molecule has 0 bridgehead atoms. The van der Waals surface area contributed by atoms with Gasteiger partial charge in [-0.05, 0) is 31.2 Å². The first-order valence-corrected chi connectivity index (χ1v) is 5.99. The Morgan fingerprint density at radius 2 is 1.95 bits per heavy atom. The molecule has 7 heteroatoms. The van der Waals surface area contributed by atoms with E-state index in [0.717, 1.165) is 11.4 Å². The fourth-order valence-corrected chi connectivity index (χ4v) is 2.11. The van der Waals surface area contributed by atoms with Gasteiger partial charge in [-0.3, -0.25) is 9.36 Å². The second kappa shape index (κ2) is 4.37. The van der Waals surface area contributed by atoms with Crippen LogP contribution in [0.25, 0.3) is 16.9 Å². The smallest absolute Gasteiger partial charge is 0.277 e.